The number of carbonyl (C=O) groups is 1. The summed E-state index contributed by atoms with van der Waals surface area (Å²) in [6.07, 6.45) is 0. The Morgan fingerprint density at radius 2 is 1.83 bits per heavy atom. The number of aromatic amines is 1. The van der Waals surface area contributed by atoms with Gasteiger partial charge in [-0.15, -0.1) is 0 Å². The minimum atomic E-state index is -0.125. The van der Waals surface area contributed by atoms with Crippen LogP contribution in [0, 0.1) is 0 Å². The van der Waals surface area contributed by atoms with Crippen LogP contribution in [-0.2, 0) is 13.2 Å². The Bertz CT molecular complexity index is 1160. The predicted octanol–water partition coefficient (Wildman–Crippen LogP) is 6.09. The zero-order chi connectivity index (χ0) is 20.2. The van der Waals surface area contributed by atoms with E-state index in [1.165, 1.54) is 0 Å². The van der Waals surface area contributed by atoms with E-state index in [4.69, 9.17) is 16.3 Å². The first-order valence-electron chi connectivity index (χ1n) is 9.10. The highest BCUT2D eigenvalue weighted by molar-refractivity contribution is 9.10. The Morgan fingerprint density at radius 3 is 2.62 bits per heavy atom. The van der Waals surface area contributed by atoms with E-state index in [1.54, 1.807) is 12.1 Å². The van der Waals surface area contributed by atoms with Crippen LogP contribution in [0.15, 0.2) is 77.3 Å². The molecule has 0 aliphatic carbocycles. The third kappa shape index (κ3) is 4.81. The number of fused-ring (bicyclic) bond motifs is 1. The number of hydrogen-bond acceptors (Lipinski definition) is 2. The van der Waals surface area contributed by atoms with Crippen LogP contribution in [0.5, 0.6) is 5.75 Å². The number of ether oxygens (including phenoxy) is 1. The summed E-state index contributed by atoms with van der Waals surface area (Å²) in [7, 11) is 0. The Balaban J connectivity index is 1.34. The van der Waals surface area contributed by atoms with Crippen molar-refractivity contribution in [2.45, 2.75) is 13.2 Å². The van der Waals surface area contributed by atoms with Gasteiger partial charge in [0.1, 0.15) is 12.4 Å². The molecule has 0 saturated heterocycles. The number of nitrogens with one attached hydrogen (secondary N) is 2. The lowest BCUT2D eigenvalue weighted by atomic mass is 10.1. The monoisotopic (exact) mass is 468 g/mol. The van der Waals surface area contributed by atoms with E-state index >= 15 is 0 Å². The van der Waals surface area contributed by atoms with Crippen LogP contribution in [0.1, 0.15) is 21.6 Å². The molecule has 0 spiro atoms. The van der Waals surface area contributed by atoms with Crippen molar-refractivity contribution in [1.29, 1.82) is 0 Å². The van der Waals surface area contributed by atoms with Gasteiger partial charge >= 0.3 is 0 Å². The molecule has 4 nitrogen and oxygen atoms in total. The molecule has 0 bridgehead atoms. The van der Waals surface area contributed by atoms with Crippen molar-refractivity contribution in [1.82, 2.24) is 10.3 Å². The van der Waals surface area contributed by atoms with E-state index in [9.17, 15) is 4.79 Å². The maximum Gasteiger partial charge on any atom is 0.251 e. The maximum atomic E-state index is 12.4. The number of hydrogen-bond donors (Lipinski definition) is 2. The molecule has 3 aromatic carbocycles. The van der Waals surface area contributed by atoms with Crippen molar-refractivity contribution in [2.75, 3.05) is 0 Å². The zero-order valence-electron chi connectivity index (χ0n) is 15.4. The van der Waals surface area contributed by atoms with Crippen LogP contribution < -0.4 is 10.1 Å². The maximum absolute atomic E-state index is 12.4. The average molecular weight is 470 g/mol. The minimum absolute atomic E-state index is 0.125. The van der Waals surface area contributed by atoms with Crippen LogP contribution in [0.2, 0.25) is 5.02 Å². The molecule has 0 aliphatic rings. The highest BCUT2D eigenvalue weighted by Crippen LogP contribution is 2.25. The lowest BCUT2D eigenvalue weighted by Crippen LogP contribution is -2.22. The molecule has 6 heteroatoms. The van der Waals surface area contributed by atoms with Crippen LogP contribution in [0.4, 0.5) is 0 Å². The van der Waals surface area contributed by atoms with Gasteiger partial charge in [-0.3, -0.25) is 4.79 Å². The van der Waals surface area contributed by atoms with Crippen LogP contribution >= 0.6 is 27.5 Å². The molecule has 0 atom stereocenters. The Hall–Kier alpha value is -2.76. The second-order valence-electron chi connectivity index (χ2n) is 6.62. The van der Waals surface area contributed by atoms with Crippen LogP contribution in [0.25, 0.3) is 10.9 Å². The molecular weight excluding hydrogens is 452 g/mol. The van der Waals surface area contributed by atoms with Crippen molar-refractivity contribution < 1.29 is 9.53 Å². The van der Waals surface area contributed by atoms with Gasteiger partial charge in [-0.2, -0.15) is 0 Å². The van der Waals surface area contributed by atoms with E-state index < -0.39 is 0 Å². The smallest absolute Gasteiger partial charge is 0.251 e. The van der Waals surface area contributed by atoms with Gasteiger partial charge in [-0.1, -0.05) is 35.9 Å². The molecule has 0 fully saturated rings. The number of halogens is 2. The van der Waals surface area contributed by atoms with Crippen molar-refractivity contribution in [3.8, 4) is 5.75 Å². The Kier molecular flexibility index (Phi) is 5.88. The summed E-state index contributed by atoms with van der Waals surface area (Å²) in [5.41, 5.74) is 3.51. The fourth-order valence-corrected chi connectivity index (χ4v) is 3.59. The second kappa shape index (κ2) is 8.72. The fraction of sp³-hybridized carbons (Fsp3) is 0.0870. The molecule has 1 aromatic heterocycles. The molecule has 0 unspecified atom stereocenters. The molecule has 4 rings (SSSR count). The Morgan fingerprint density at radius 1 is 1.03 bits per heavy atom. The van der Waals surface area contributed by atoms with Gasteiger partial charge in [0, 0.05) is 27.2 Å². The number of benzene rings is 3. The number of rotatable bonds is 6. The van der Waals surface area contributed by atoms with Gasteiger partial charge in [0.15, 0.2) is 0 Å². The van der Waals surface area contributed by atoms with Crippen LogP contribution in [-0.4, -0.2) is 10.9 Å². The predicted molar refractivity (Wildman–Crippen MR) is 119 cm³/mol. The summed E-state index contributed by atoms with van der Waals surface area (Å²) in [5, 5.41) is 4.65. The summed E-state index contributed by atoms with van der Waals surface area (Å²) >= 11 is 9.48. The zero-order valence-corrected chi connectivity index (χ0v) is 17.8. The fourth-order valence-electron chi connectivity index (χ4n) is 3.01. The first-order valence-corrected chi connectivity index (χ1v) is 10.3. The molecule has 4 aromatic rings. The highest BCUT2D eigenvalue weighted by Gasteiger charge is 2.08. The molecule has 2 N–H and O–H groups in total. The van der Waals surface area contributed by atoms with E-state index in [0.29, 0.717) is 23.7 Å². The minimum Gasteiger partial charge on any atom is -0.488 e. The average Bonchev–Trinajstić information content (AvgIpc) is 3.14. The number of aromatic nitrogens is 1. The van der Waals surface area contributed by atoms with E-state index in [1.807, 2.05) is 60.7 Å². The quantitative estimate of drug-likeness (QED) is 0.359. The molecule has 0 radical (unpaired) electrons. The molecular formula is C23H18BrClN2O2. The standard InChI is InChI=1S/C23H18BrClN2O2/c24-20-3-1-2-4-22(20)29-14-15-5-7-16(8-6-15)23(28)26-13-19-12-17-11-18(25)9-10-21(17)27-19/h1-12,27H,13-14H2,(H,26,28). The molecule has 0 aliphatic heterocycles. The first kappa shape index (κ1) is 19.6. The first-order chi connectivity index (χ1) is 14.1. The topological polar surface area (TPSA) is 54.1 Å². The second-order valence-corrected chi connectivity index (χ2v) is 7.92. The van der Waals surface area contributed by atoms with E-state index in [0.717, 1.165) is 32.4 Å². The van der Waals surface area contributed by atoms with Gasteiger partial charge in [0.05, 0.1) is 11.0 Å². The summed E-state index contributed by atoms with van der Waals surface area (Å²) in [6.45, 7) is 0.847. The normalized spacial score (nSPS) is 10.8. The third-order valence-corrected chi connectivity index (χ3v) is 5.42. The van der Waals surface area contributed by atoms with Crippen molar-refractivity contribution in [3.63, 3.8) is 0 Å². The molecule has 146 valence electrons. The molecule has 0 saturated carbocycles. The largest absolute Gasteiger partial charge is 0.488 e. The number of para-hydroxylation sites is 1. The van der Waals surface area contributed by atoms with E-state index in [2.05, 4.69) is 26.2 Å². The van der Waals surface area contributed by atoms with Gasteiger partial charge in [-0.25, -0.2) is 0 Å². The summed E-state index contributed by atoms with van der Waals surface area (Å²) in [6, 6.07) is 22.8. The van der Waals surface area contributed by atoms with Gasteiger partial charge in [0.2, 0.25) is 0 Å². The lowest BCUT2D eigenvalue weighted by molar-refractivity contribution is 0.0950. The van der Waals surface area contributed by atoms with Crippen molar-refractivity contribution in [2.24, 2.45) is 0 Å². The van der Waals surface area contributed by atoms with Gasteiger partial charge in [0.25, 0.3) is 5.91 Å². The summed E-state index contributed by atoms with van der Waals surface area (Å²) in [4.78, 5) is 15.7. The molecule has 1 amide bonds. The van der Waals surface area contributed by atoms with Gasteiger partial charge < -0.3 is 15.0 Å². The number of amides is 1. The third-order valence-electron chi connectivity index (χ3n) is 4.53. The molecule has 1 heterocycles. The van der Waals surface area contributed by atoms with Crippen molar-refractivity contribution >= 4 is 44.3 Å². The number of H-pyrrole nitrogens is 1. The Labute approximate surface area is 182 Å². The summed E-state index contributed by atoms with van der Waals surface area (Å²) in [5.74, 6) is 0.661. The lowest BCUT2D eigenvalue weighted by Gasteiger charge is -2.09. The highest BCUT2D eigenvalue weighted by atomic mass is 79.9. The van der Waals surface area contributed by atoms with Crippen molar-refractivity contribution in [3.05, 3.63) is 99.1 Å². The summed E-state index contributed by atoms with van der Waals surface area (Å²) < 4.78 is 6.72. The van der Waals surface area contributed by atoms with Gasteiger partial charge in [-0.05, 0) is 70.0 Å². The molecule has 29 heavy (non-hydrogen) atoms. The SMILES string of the molecule is O=C(NCc1cc2cc(Cl)ccc2[nH]1)c1ccc(COc2ccccc2Br)cc1. The number of carbonyl (C=O) groups excluding carboxylic acids is 1. The van der Waals surface area contributed by atoms with E-state index in [-0.39, 0.29) is 5.91 Å². The van der Waals surface area contributed by atoms with Crippen LogP contribution in [0.3, 0.4) is 0 Å².